The van der Waals surface area contributed by atoms with E-state index in [1.54, 1.807) is 51.7 Å². The van der Waals surface area contributed by atoms with Crippen LogP contribution in [0.5, 0.6) is 23.0 Å². The fourth-order valence-electron chi connectivity index (χ4n) is 2.26. The minimum absolute atomic E-state index is 0.303. The standard InChI is InChI=1S/C19H20BrNO5/c1-23-15-7-5-12(9-18(15)26-4)6-8-19(22)21-14-11-16(24-2)13(20)10-17(14)25-3/h5-11H,1-4H3,(H,21,22)/b8-6+. The van der Waals surface area contributed by atoms with Crippen molar-refractivity contribution in [2.24, 2.45) is 0 Å². The van der Waals surface area contributed by atoms with Crippen molar-refractivity contribution in [2.75, 3.05) is 33.8 Å². The molecule has 0 aliphatic carbocycles. The van der Waals surface area contributed by atoms with E-state index in [0.717, 1.165) is 10.0 Å². The summed E-state index contributed by atoms with van der Waals surface area (Å²) in [5.74, 6) is 2.02. The van der Waals surface area contributed by atoms with Crippen molar-refractivity contribution in [3.63, 3.8) is 0 Å². The molecular weight excluding hydrogens is 402 g/mol. The van der Waals surface area contributed by atoms with Crippen LogP contribution in [0.4, 0.5) is 5.69 Å². The van der Waals surface area contributed by atoms with E-state index >= 15 is 0 Å². The Kier molecular flexibility index (Phi) is 6.91. The second-order valence-electron chi connectivity index (χ2n) is 5.12. The Labute approximate surface area is 160 Å². The molecule has 0 aromatic heterocycles. The first-order valence-electron chi connectivity index (χ1n) is 7.65. The fourth-order valence-corrected chi connectivity index (χ4v) is 2.75. The molecule has 6 nitrogen and oxygen atoms in total. The first kappa shape index (κ1) is 19.7. The Balaban J connectivity index is 2.17. The van der Waals surface area contributed by atoms with Crippen LogP contribution in [-0.2, 0) is 4.79 Å². The number of hydrogen-bond donors (Lipinski definition) is 1. The van der Waals surface area contributed by atoms with Crippen molar-refractivity contribution < 1.29 is 23.7 Å². The Hall–Kier alpha value is -2.67. The number of carbonyl (C=O) groups excluding carboxylic acids is 1. The van der Waals surface area contributed by atoms with Gasteiger partial charge < -0.3 is 24.3 Å². The predicted octanol–water partition coefficient (Wildman–Crippen LogP) is 4.14. The van der Waals surface area contributed by atoms with Crippen LogP contribution in [0.3, 0.4) is 0 Å². The predicted molar refractivity (Wildman–Crippen MR) is 104 cm³/mol. The van der Waals surface area contributed by atoms with Crippen molar-refractivity contribution in [1.29, 1.82) is 0 Å². The summed E-state index contributed by atoms with van der Waals surface area (Å²) < 4.78 is 21.7. The Bertz CT molecular complexity index is 820. The van der Waals surface area contributed by atoms with E-state index in [-0.39, 0.29) is 5.91 Å². The summed E-state index contributed by atoms with van der Waals surface area (Å²) in [5, 5.41) is 2.78. The van der Waals surface area contributed by atoms with Crippen molar-refractivity contribution in [1.82, 2.24) is 0 Å². The lowest BCUT2D eigenvalue weighted by Gasteiger charge is -2.12. The smallest absolute Gasteiger partial charge is 0.248 e. The van der Waals surface area contributed by atoms with Crippen LogP contribution >= 0.6 is 15.9 Å². The van der Waals surface area contributed by atoms with Gasteiger partial charge in [-0.15, -0.1) is 0 Å². The van der Waals surface area contributed by atoms with Crippen molar-refractivity contribution in [3.8, 4) is 23.0 Å². The van der Waals surface area contributed by atoms with Gasteiger partial charge in [-0.2, -0.15) is 0 Å². The van der Waals surface area contributed by atoms with Gasteiger partial charge in [-0.3, -0.25) is 4.79 Å². The highest BCUT2D eigenvalue weighted by Gasteiger charge is 2.11. The third kappa shape index (κ3) is 4.70. The van der Waals surface area contributed by atoms with Crippen LogP contribution in [0.25, 0.3) is 6.08 Å². The summed E-state index contributed by atoms with van der Waals surface area (Å²) in [7, 11) is 6.21. The molecule has 7 heteroatoms. The average molecular weight is 422 g/mol. The quantitative estimate of drug-likeness (QED) is 0.680. The van der Waals surface area contributed by atoms with Gasteiger partial charge in [0, 0.05) is 18.2 Å². The molecule has 2 aromatic rings. The number of carbonyl (C=O) groups is 1. The lowest BCUT2D eigenvalue weighted by Crippen LogP contribution is -2.09. The maximum atomic E-state index is 12.3. The van der Waals surface area contributed by atoms with E-state index in [0.29, 0.717) is 28.7 Å². The highest BCUT2D eigenvalue weighted by Crippen LogP contribution is 2.36. The molecule has 0 unspecified atom stereocenters. The Morgan fingerprint density at radius 1 is 0.885 bits per heavy atom. The Morgan fingerprint density at radius 2 is 1.54 bits per heavy atom. The molecule has 0 radical (unpaired) electrons. The number of amides is 1. The van der Waals surface area contributed by atoms with Gasteiger partial charge in [0.15, 0.2) is 11.5 Å². The van der Waals surface area contributed by atoms with Gasteiger partial charge in [0.25, 0.3) is 0 Å². The van der Waals surface area contributed by atoms with Gasteiger partial charge in [-0.1, -0.05) is 6.07 Å². The maximum Gasteiger partial charge on any atom is 0.248 e. The van der Waals surface area contributed by atoms with Gasteiger partial charge in [-0.25, -0.2) is 0 Å². The first-order valence-corrected chi connectivity index (χ1v) is 8.44. The van der Waals surface area contributed by atoms with E-state index in [1.807, 2.05) is 6.07 Å². The van der Waals surface area contributed by atoms with Crippen LogP contribution in [0, 0.1) is 0 Å². The number of rotatable bonds is 7. The van der Waals surface area contributed by atoms with Crippen LogP contribution in [-0.4, -0.2) is 34.3 Å². The van der Waals surface area contributed by atoms with Crippen LogP contribution in [0.2, 0.25) is 0 Å². The van der Waals surface area contributed by atoms with Gasteiger partial charge >= 0.3 is 0 Å². The number of methoxy groups -OCH3 is 4. The number of hydrogen-bond acceptors (Lipinski definition) is 5. The number of nitrogens with one attached hydrogen (secondary N) is 1. The molecule has 2 aromatic carbocycles. The molecule has 0 saturated heterocycles. The zero-order valence-electron chi connectivity index (χ0n) is 15.0. The van der Waals surface area contributed by atoms with E-state index in [1.165, 1.54) is 13.2 Å². The second-order valence-corrected chi connectivity index (χ2v) is 5.98. The summed E-state index contributed by atoms with van der Waals surface area (Å²) in [4.78, 5) is 12.3. The molecule has 0 aliphatic heterocycles. The third-order valence-electron chi connectivity index (χ3n) is 3.57. The molecule has 1 N–H and O–H groups in total. The van der Waals surface area contributed by atoms with Crippen LogP contribution in [0.15, 0.2) is 40.9 Å². The highest BCUT2D eigenvalue weighted by molar-refractivity contribution is 9.10. The molecular formula is C19H20BrNO5. The van der Waals surface area contributed by atoms with Crippen molar-refractivity contribution >= 4 is 33.6 Å². The van der Waals surface area contributed by atoms with Gasteiger partial charge in [-0.05, 0) is 39.7 Å². The number of ether oxygens (including phenoxy) is 4. The molecule has 138 valence electrons. The molecule has 0 aliphatic rings. The molecule has 26 heavy (non-hydrogen) atoms. The summed E-state index contributed by atoms with van der Waals surface area (Å²) in [6.45, 7) is 0. The first-order chi connectivity index (χ1) is 12.5. The molecule has 0 spiro atoms. The zero-order chi connectivity index (χ0) is 19.1. The number of benzene rings is 2. The number of halogens is 1. The van der Waals surface area contributed by atoms with Crippen LogP contribution in [0.1, 0.15) is 5.56 Å². The second kappa shape index (κ2) is 9.15. The minimum atomic E-state index is -0.303. The molecule has 2 rings (SSSR count). The van der Waals surface area contributed by atoms with E-state index in [4.69, 9.17) is 18.9 Å². The zero-order valence-corrected chi connectivity index (χ0v) is 16.5. The van der Waals surface area contributed by atoms with E-state index in [2.05, 4.69) is 21.2 Å². The average Bonchev–Trinajstić information content (AvgIpc) is 2.66. The summed E-state index contributed by atoms with van der Waals surface area (Å²) in [5.41, 5.74) is 1.31. The Morgan fingerprint density at radius 3 is 2.15 bits per heavy atom. The fraction of sp³-hybridized carbons (Fsp3) is 0.211. The third-order valence-corrected chi connectivity index (χ3v) is 4.19. The minimum Gasteiger partial charge on any atom is -0.495 e. The van der Waals surface area contributed by atoms with Gasteiger partial charge in [0.2, 0.25) is 5.91 Å². The van der Waals surface area contributed by atoms with Gasteiger partial charge in [0.1, 0.15) is 11.5 Å². The topological polar surface area (TPSA) is 66.0 Å². The van der Waals surface area contributed by atoms with Crippen LogP contribution < -0.4 is 24.3 Å². The van der Waals surface area contributed by atoms with E-state index in [9.17, 15) is 4.79 Å². The normalized spacial score (nSPS) is 10.5. The summed E-state index contributed by atoms with van der Waals surface area (Å²) >= 11 is 3.38. The molecule has 0 atom stereocenters. The SMILES string of the molecule is COc1cc(NC(=O)/C=C/c2ccc(OC)c(OC)c2)c(OC)cc1Br. The lowest BCUT2D eigenvalue weighted by atomic mass is 10.2. The van der Waals surface area contributed by atoms with E-state index < -0.39 is 0 Å². The molecule has 1 amide bonds. The molecule has 0 bridgehead atoms. The van der Waals surface area contributed by atoms with Gasteiger partial charge in [0.05, 0.1) is 38.6 Å². The summed E-state index contributed by atoms with van der Waals surface area (Å²) in [6.07, 6.45) is 3.11. The largest absolute Gasteiger partial charge is 0.495 e. The van der Waals surface area contributed by atoms with Crippen molar-refractivity contribution in [2.45, 2.75) is 0 Å². The molecule has 0 heterocycles. The molecule has 0 fully saturated rings. The molecule has 0 saturated carbocycles. The maximum absolute atomic E-state index is 12.3. The lowest BCUT2D eigenvalue weighted by molar-refractivity contribution is -0.111. The summed E-state index contributed by atoms with van der Waals surface area (Å²) in [6, 6.07) is 8.80. The monoisotopic (exact) mass is 421 g/mol. The number of anilines is 1. The van der Waals surface area contributed by atoms with Crippen molar-refractivity contribution in [3.05, 3.63) is 46.4 Å². The highest BCUT2D eigenvalue weighted by atomic mass is 79.9.